The van der Waals surface area contributed by atoms with Crippen LogP contribution in [0.4, 0.5) is 0 Å². The van der Waals surface area contributed by atoms with Gasteiger partial charge in [0.2, 0.25) is 0 Å². The highest BCUT2D eigenvalue weighted by atomic mass is 35.5. The first-order chi connectivity index (χ1) is 14.6. The zero-order valence-electron chi connectivity index (χ0n) is 17.1. The Balaban J connectivity index is 1.23. The molecule has 2 heterocycles. The van der Waals surface area contributed by atoms with E-state index in [0.717, 1.165) is 31.6 Å². The van der Waals surface area contributed by atoms with Gasteiger partial charge in [-0.3, -0.25) is 4.79 Å². The topological polar surface area (TPSA) is 63.1 Å². The maximum absolute atomic E-state index is 12.4. The van der Waals surface area contributed by atoms with Gasteiger partial charge in [-0.2, -0.15) is 0 Å². The van der Waals surface area contributed by atoms with E-state index in [1.165, 1.54) is 11.1 Å². The first-order valence-electron chi connectivity index (χ1n) is 10.3. The van der Waals surface area contributed by atoms with Gasteiger partial charge in [0.05, 0.1) is 12.7 Å². The van der Waals surface area contributed by atoms with Crippen LogP contribution in [0.5, 0.6) is 0 Å². The van der Waals surface area contributed by atoms with Crippen molar-refractivity contribution in [3.8, 4) is 0 Å². The molecule has 1 unspecified atom stereocenters. The predicted molar refractivity (Wildman–Crippen MR) is 118 cm³/mol. The number of hydrogen-bond donors (Lipinski definition) is 1. The van der Waals surface area contributed by atoms with Crippen LogP contribution in [-0.2, 0) is 6.54 Å². The smallest absolute Gasteiger partial charge is 0.273 e. The minimum absolute atomic E-state index is 0.188. The van der Waals surface area contributed by atoms with Gasteiger partial charge < -0.3 is 10.2 Å². The Bertz CT molecular complexity index is 1000. The molecule has 156 valence electrons. The second kappa shape index (κ2) is 9.41. The monoisotopic (exact) mass is 423 g/mol. The third kappa shape index (κ3) is 5.07. The first-order valence-corrected chi connectivity index (χ1v) is 10.7. The molecule has 1 aromatic heterocycles. The Morgan fingerprint density at radius 1 is 1.20 bits per heavy atom. The van der Waals surface area contributed by atoms with Crippen molar-refractivity contribution in [1.82, 2.24) is 25.2 Å². The van der Waals surface area contributed by atoms with E-state index >= 15 is 0 Å². The number of aryl methyl sites for hydroxylation is 1. The molecule has 1 aliphatic heterocycles. The van der Waals surface area contributed by atoms with Gasteiger partial charge in [-0.25, -0.2) is 4.68 Å². The summed E-state index contributed by atoms with van der Waals surface area (Å²) >= 11 is 5.91. The van der Waals surface area contributed by atoms with Crippen molar-refractivity contribution in [3.63, 3.8) is 0 Å². The number of hydrogen-bond acceptors (Lipinski definition) is 4. The summed E-state index contributed by atoms with van der Waals surface area (Å²) in [6.45, 7) is 6.27. The van der Waals surface area contributed by atoms with Crippen LogP contribution in [0, 0.1) is 6.92 Å². The van der Waals surface area contributed by atoms with E-state index < -0.39 is 0 Å². The van der Waals surface area contributed by atoms with Gasteiger partial charge >= 0.3 is 0 Å². The Labute approximate surface area is 181 Å². The number of nitrogens with one attached hydrogen (secondary N) is 1. The summed E-state index contributed by atoms with van der Waals surface area (Å²) in [7, 11) is 0. The van der Waals surface area contributed by atoms with Gasteiger partial charge in [-0.1, -0.05) is 53.2 Å². The van der Waals surface area contributed by atoms with E-state index in [4.69, 9.17) is 11.6 Å². The molecule has 0 bridgehead atoms. The Morgan fingerprint density at radius 3 is 2.80 bits per heavy atom. The minimum atomic E-state index is -0.188. The maximum atomic E-state index is 12.4. The zero-order valence-corrected chi connectivity index (χ0v) is 17.8. The lowest BCUT2D eigenvalue weighted by Gasteiger charge is -2.17. The highest BCUT2D eigenvalue weighted by Gasteiger charge is 2.24. The first kappa shape index (κ1) is 20.6. The van der Waals surface area contributed by atoms with E-state index in [1.807, 2.05) is 24.3 Å². The molecule has 0 spiro atoms. The fraction of sp³-hybridized carbons (Fsp3) is 0.348. The second-order valence-corrected chi connectivity index (χ2v) is 8.26. The number of aromatic nitrogens is 3. The molecule has 1 fully saturated rings. The zero-order chi connectivity index (χ0) is 20.9. The van der Waals surface area contributed by atoms with Crippen LogP contribution in [0.3, 0.4) is 0 Å². The number of carbonyl (C=O) groups is 1. The van der Waals surface area contributed by atoms with Crippen LogP contribution < -0.4 is 5.32 Å². The quantitative estimate of drug-likeness (QED) is 0.631. The van der Waals surface area contributed by atoms with Gasteiger partial charge in [0.25, 0.3) is 5.91 Å². The molecular formula is C23H26ClN5O. The summed E-state index contributed by atoms with van der Waals surface area (Å²) < 4.78 is 1.66. The molecule has 30 heavy (non-hydrogen) atoms. The van der Waals surface area contributed by atoms with Gasteiger partial charge in [-0.05, 0) is 54.6 Å². The van der Waals surface area contributed by atoms with Crippen molar-refractivity contribution in [2.45, 2.75) is 25.8 Å². The van der Waals surface area contributed by atoms with Crippen molar-refractivity contribution >= 4 is 17.5 Å². The molecule has 3 aromatic rings. The molecule has 1 N–H and O–H groups in total. The summed E-state index contributed by atoms with van der Waals surface area (Å²) in [5.74, 6) is 0.390. The standard InChI is InChI=1S/C23H26ClN5O/c1-17-4-2-3-5-21(17)19-10-12-28(15-19)13-11-25-23(30)22-16-29(27-26-22)14-18-6-8-20(24)9-7-18/h2-9,16,19H,10-15H2,1H3,(H,25,30). The average molecular weight is 424 g/mol. The molecule has 4 rings (SSSR count). The highest BCUT2D eigenvalue weighted by molar-refractivity contribution is 6.30. The average Bonchev–Trinajstić information content (AvgIpc) is 3.40. The molecule has 0 radical (unpaired) electrons. The fourth-order valence-electron chi connectivity index (χ4n) is 4.01. The molecule has 2 aromatic carbocycles. The summed E-state index contributed by atoms with van der Waals surface area (Å²) in [5.41, 5.74) is 4.19. The largest absolute Gasteiger partial charge is 0.349 e. The van der Waals surface area contributed by atoms with E-state index in [9.17, 15) is 4.79 Å². The second-order valence-electron chi connectivity index (χ2n) is 7.83. The number of nitrogens with zero attached hydrogens (tertiary/aromatic N) is 4. The van der Waals surface area contributed by atoms with Crippen LogP contribution in [0.15, 0.2) is 54.7 Å². The number of carbonyl (C=O) groups excluding carboxylic acids is 1. The number of likely N-dealkylation sites (tertiary alicyclic amines) is 1. The SMILES string of the molecule is Cc1ccccc1C1CCN(CCNC(=O)c2cn(Cc3ccc(Cl)cc3)nn2)C1. The molecule has 1 atom stereocenters. The molecule has 1 saturated heterocycles. The van der Waals surface area contributed by atoms with Crippen LogP contribution in [0.1, 0.15) is 39.5 Å². The summed E-state index contributed by atoms with van der Waals surface area (Å²) in [5, 5.41) is 11.7. The minimum Gasteiger partial charge on any atom is -0.349 e. The van der Waals surface area contributed by atoms with Crippen LogP contribution >= 0.6 is 11.6 Å². The normalized spacial score (nSPS) is 16.7. The lowest BCUT2D eigenvalue weighted by Crippen LogP contribution is -2.34. The van der Waals surface area contributed by atoms with Crippen molar-refractivity contribution in [1.29, 1.82) is 0 Å². The number of benzene rings is 2. The predicted octanol–water partition coefficient (Wildman–Crippen LogP) is 3.51. The van der Waals surface area contributed by atoms with E-state index in [0.29, 0.717) is 29.7 Å². The molecule has 6 nitrogen and oxygen atoms in total. The third-order valence-corrected chi connectivity index (χ3v) is 5.90. The van der Waals surface area contributed by atoms with Gasteiger partial charge in [-0.15, -0.1) is 5.10 Å². The van der Waals surface area contributed by atoms with Crippen molar-refractivity contribution in [2.24, 2.45) is 0 Å². The highest BCUT2D eigenvalue weighted by Crippen LogP contribution is 2.28. The molecule has 7 heteroatoms. The summed E-state index contributed by atoms with van der Waals surface area (Å²) in [4.78, 5) is 14.8. The van der Waals surface area contributed by atoms with E-state index in [-0.39, 0.29) is 5.91 Å². The van der Waals surface area contributed by atoms with Crippen LogP contribution in [0.2, 0.25) is 5.02 Å². The Kier molecular flexibility index (Phi) is 6.45. The number of amides is 1. The van der Waals surface area contributed by atoms with Crippen LogP contribution in [-0.4, -0.2) is 52.0 Å². The van der Waals surface area contributed by atoms with Gasteiger partial charge in [0.1, 0.15) is 0 Å². The summed E-state index contributed by atoms with van der Waals surface area (Å²) in [6.07, 6.45) is 2.84. The Morgan fingerprint density at radius 2 is 2.00 bits per heavy atom. The summed E-state index contributed by atoms with van der Waals surface area (Å²) in [6, 6.07) is 16.2. The number of halogens is 1. The fourth-order valence-corrected chi connectivity index (χ4v) is 4.14. The van der Waals surface area contributed by atoms with E-state index in [2.05, 4.69) is 51.7 Å². The lowest BCUT2D eigenvalue weighted by atomic mass is 9.94. The Hall–Kier alpha value is -2.70. The molecular weight excluding hydrogens is 398 g/mol. The maximum Gasteiger partial charge on any atom is 0.273 e. The molecule has 0 aliphatic carbocycles. The molecule has 1 amide bonds. The van der Waals surface area contributed by atoms with Crippen molar-refractivity contribution in [2.75, 3.05) is 26.2 Å². The van der Waals surface area contributed by atoms with Gasteiger partial charge in [0, 0.05) is 24.7 Å². The molecule has 1 aliphatic rings. The van der Waals surface area contributed by atoms with Gasteiger partial charge in [0.15, 0.2) is 5.69 Å². The van der Waals surface area contributed by atoms with Crippen molar-refractivity contribution in [3.05, 3.63) is 82.1 Å². The van der Waals surface area contributed by atoms with Crippen molar-refractivity contribution < 1.29 is 4.79 Å². The number of rotatable bonds is 7. The van der Waals surface area contributed by atoms with Crippen LogP contribution in [0.25, 0.3) is 0 Å². The van der Waals surface area contributed by atoms with E-state index in [1.54, 1.807) is 10.9 Å². The lowest BCUT2D eigenvalue weighted by molar-refractivity contribution is 0.0944. The molecule has 0 saturated carbocycles. The third-order valence-electron chi connectivity index (χ3n) is 5.64.